The molecule has 0 aliphatic rings. The van der Waals surface area contributed by atoms with Gasteiger partial charge in [-0.05, 0) is 0 Å². The van der Waals surface area contributed by atoms with Gasteiger partial charge in [-0.1, -0.05) is 0 Å². The van der Waals surface area contributed by atoms with Gasteiger partial charge in [0.1, 0.15) is 6.61 Å². The number of carbonyl (C=O) groups is 2. The second-order valence-electron chi connectivity index (χ2n) is 2.06. The van der Waals surface area contributed by atoms with Gasteiger partial charge in [0.25, 0.3) is 0 Å². The summed E-state index contributed by atoms with van der Waals surface area (Å²) in [4.78, 5) is 20.4. The molecule has 0 aromatic heterocycles. The van der Waals surface area contributed by atoms with Gasteiger partial charge in [-0.2, -0.15) is 0 Å². The van der Waals surface area contributed by atoms with E-state index in [1.165, 1.54) is 0 Å². The fourth-order valence-corrected chi connectivity index (χ4v) is 0.421. The average Bonchev–Trinajstić information content (AvgIpc) is 2.03. The van der Waals surface area contributed by atoms with E-state index >= 15 is 0 Å². The van der Waals surface area contributed by atoms with Crippen LogP contribution in [-0.4, -0.2) is 46.1 Å². The first-order chi connectivity index (χ1) is 5.95. The lowest BCUT2D eigenvalue weighted by atomic mass is 10.1. The number of hydrogen-bond donors (Lipinski definition) is 3. The Labute approximate surface area is 73.2 Å². The van der Waals surface area contributed by atoms with Crippen LogP contribution in [0.2, 0.25) is 0 Å². The van der Waals surface area contributed by atoms with Crippen LogP contribution >= 0.6 is 0 Å². The van der Waals surface area contributed by atoms with Gasteiger partial charge in [-0.25, -0.2) is 14.7 Å². The van der Waals surface area contributed by atoms with E-state index in [0.29, 0.717) is 0 Å². The van der Waals surface area contributed by atoms with Crippen molar-refractivity contribution >= 4 is 11.9 Å². The van der Waals surface area contributed by atoms with Crippen molar-refractivity contribution in [3.63, 3.8) is 0 Å². The summed E-state index contributed by atoms with van der Waals surface area (Å²) in [5, 5.41) is 35.6. The SMILES string of the molecule is [O]C([CH]OCCO)(C(=O)O)C(=O)O. The summed E-state index contributed by atoms with van der Waals surface area (Å²) < 4.78 is 4.22. The minimum absolute atomic E-state index is 0.133. The van der Waals surface area contributed by atoms with Crippen molar-refractivity contribution in [3.8, 4) is 0 Å². The lowest BCUT2D eigenvalue weighted by Crippen LogP contribution is -2.46. The molecule has 0 saturated carbocycles. The first-order valence-corrected chi connectivity index (χ1v) is 3.19. The van der Waals surface area contributed by atoms with Gasteiger partial charge in [0.05, 0.1) is 13.2 Å². The second kappa shape index (κ2) is 4.75. The van der Waals surface area contributed by atoms with Crippen LogP contribution in [0.15, 0.2) is 0 Å². The number of hydrogen-bond acceptors (Lipinski definition) is 4. The molecular formula is C6H8O7. The van der Waals surface area contributed by atoms with Gasteiger partial charge in [-0.3, -0.25) is 0 Å². The molecule has 0 atom stereocenters. The lowest BCUT2D eigenvalue weighted by Gasteiger charge is -2.14. The molecule has 7 nitrogen and oxygen atoms in total. The third-order valence-corrected chi connectivity index (χ3v) is 1.09. The molecule has 0 unspecified atom stereocenters. The largest absolute Gasteiger partial charge is 0.478 e. The quantitative estimate of drug-likeness (QED) is 0.347. The number of carboxylic acid groups (broad SMARTS) is 2. The van der Waals surface area contributed by atoms with Crippen LogP contribution in [-0.2, 0) is 19.4 Å². The van der Waals surface area contributed by atoms with E-state index in [2.05, 4.69) is 4.74 Å². The van der Waals surface area contributed by atoms with Gasteiger partial charge in [0.15, 0.2) is 0 Å². The molecule has 0 aliphatic heterocycles. The van der Waals surface area contributed by atoms with E-state index in [1.54, 1.807) is 0 Å². The van der Waals surface area contributed by atoms with E-state index in [4.69, 9.17) is 15.3 Å². The normalized spacial score (nSPS) is 11.2. The van der Waals surface area contributed by atoms with Crippen LogP contribution in [0, 0.1) is 6.61 Å². The third-order valence-electron chi connectivity index (χ3n) is 1.09. The molecule has 3 N–H and O–H groups in total. The van der Waals surface area contributed by atoms with Crippen molar-refractivity contribution in [2.45, 2.75) is 5.60 Å². The Morgan fingerprint density at radius 3 is 2.08 bits per heavy atom. The highest BCUT2D eigenvalue weighted by molar-refractivity contribution is 6.02. The van der Waals surface area contributed by atoms with Crippen LogP contribution < -0.4 is 0 Å². The first kappa shape index (κ1) is 11.8. The summed E-state index contributed by atoms with van der Waals surface area (Å²) in [5.74, 6) is -4.14. The Kier molecular flexibility index (Phi) is 4.32. The summed E-state index contributed by atoms with van der Waals surface area (Å²) in [7, 11) is 0. The Balaban J connectivity index is 4.26. The van der Waals surface area contributed by atoms with E-state index in [-0.39, 0.29) is 13.2 Å². The topological polar surface area (TPSA) is 124 Å². The summed E-state index contributed by atoms with van der Waals surface area (Å²) in [6.07, 6.45) is 0. The third kappa shape index (κ3) is 2.98. The van der Waals surface area contributed by atoms with E-state index in [9.17, 15) is 14.7 Å². The van der Waals surface area contributed by atoms with Crippen LogP contribution in [0.4, 0.5) is 0 Å². The summed E-state index contributed by atoms with van der Waals surface area (Å²) in [6, 6.07) is 0. The molecular weight excluding hydrogens is 184 g/mol. The average molecular weight is 192 g/mol. The fourth-order valence-electron chi connectivity index (χ4n) is 0.421. The predicted octanol–water partition coefficient (Wildman–Crippen LogP) is -1.50. The van der Waals surface area contributed by atoms with Crippen molar-refractivity contribution < 1.29 is 34.8 Å². The van der Waals surface area contributed by atoms with Gasteiger partial charge in [-0.15, -0.1) is 0 Å². The van der Waals surface area contributed by atoms with E-state index < -0.39 is 24.1 Å². The maximum atomic E-state index is 10.9. The molecule has 0 amide bonds. The van der Waals surface area contributed by atoms with Gasteiger partial charge in [0, 0.05) is 0 Å². The molecule has 0 saturated heterocycles. The Morgan fingerprint density at radius 1 is 1.31 bits per heavy atom. The summed E-state index contributed by atoms with van der Waals surface area (Å²) in [6.45, 7) is -0.635. The molecule has 0 fully saturated rings. The monoisotopic (exact) mass is 192 g/mol. The van der Waals surface area contributed by atoms with Crippen molar-refractivity contribution in [2.24, 2.45) is 0 Å². The molecule has 2 radical (unpaired) electrons. The Hall–Kier alpha value is -1.18. The molecule has 74 valence electrons. The van der Waals surface area contributed by atoms with Crippen LogP contribution in [0.25, 0.3) is 0 Å². The zero-order chi connectivity index (χ0) is 10.5. The molecule has 0 rings (SSSR count). The highest BCUT2D eigenvalue weighted by Gasteiger charge is 2.48. The molecule has 0 spiro atoms. The zero-order valence-electron chi connectivity index (χ0n) is 6.47. The van der Waals surface area contributed by atoms with Gasteiger partial charge in [0.2, 0.25) is 0 Å². The Morgan fingerprint density at radius 2 is 1.77 bits per heavy atom. The standard InChI is InChI=1S/C6H8O7/c7-1-2-13-3-6(12,4(8)9)5(10)11/h3,7H,1-2H2,(H,8,9)(H,10,11). The summed E-state index contributed by atoms with van der Waals surface area (Å²) >= 11 is 0. The zero-order valence-corrected chi connectivity index (χ0v) is 6.47. The number of ether oxygens (including phenoxy) is 1. The minimum Gasteiger partial charge on any atom is -0.478 e. The predicted molar refractivity (Wildman–Crippen MR) is 36.0 cm³/mol. The van der Waals surface area contributed by atoms with Crippen molar-refractivity contribution in [1.29, 1.82) is 0 Å². The number of carboxylic acids is 2. The minimum atomic E-state index is -3.32. The molecule has 0 heterocycles. The lowest BCUT2D eigenvalue weighted by molar-refractivity contribution is -0.184. The molecule has 13 heavy (non-hydrogen) atoms. The van der Waals surface area contributed by atoms with Crippen molar-refractivity contribution in [1.82, 2.24) is 0 Å². The van der Waals surface area contributed by atoms with Crippen molar-refractivity contribution in [2.75, 3.05) is 13.2 Å². The number of aliphatic hydroxyl groups is 1. The smallest absolute Gasteiger partial charge is 0.354 e. The Bertz CT molecular complexity index is 185. The molecule has 0 aliphatic carbocycles. The summed E-state index contributed by atoms with van der Waals surface area (Å²) in [5.41, 5.74) is -3.32. The van der Waals surface area contributed by atoms with E-state index in [1.807, 2.05) is 0 Å². The molecule has 7 heteroatoms. The van der Waals surface area contributed by atoms with Crippen molar-refractivity contribution in [3.05, 3.63) is 6.61 Å². The van der Waals surface area contributed by atoms with Crippen LogP contribution in [0.5, 0.6) is 0 Å². The number of aliphatic hydroxyl groups excluding tert-OH is 1. The van der Waals surface area contributed by atoms with Crippen LogP contribution in [0.3, 0.4) is 0 Å². The van der Waals surface area contributed by atoms with Gasteiger partial charge < -0.3 is 20.1 Å². The van der Waals surface area contributed by atoms with Crippen LogP contribution in [0.1, 0.15) is 0 Å². The highest BCUT2D eigenvalue weighted by Crippen LogP contribution is 2.11. The maximum absolute atomic E-state index is 10.9. The molecule has 0 bridgehead atoms. The molecule has 0 aromatic rings. The first-order valence-electron chi connectivity index (χ1n) is 3.19. The fraction of sp³-hybridized carbons (Fsp3) is 0.500. The number of rotatable bonds is 6. The number of aliphatic carboxylic acids is 2. The molecule has 0 aromatic carbocycles. The van der Waals surface area contributed by atoms with E-state index in [0.717, 1.165) is 0 Å². The highest BCUT2D eigenvalue weighted by atomic mass is 16.5. The maximum Gasteiger partial charge on any atom is 0.354 e. The van der Waals surface area contributed by atoms with Gasteiger partial charge >= 0.3 is 17.5 Å². The second-order valence-corrected chi connectivity index (χ2v) is 2.06.